The molecule has 0 N–H and O–H groups in total. The van der Waals surface area contributed by atoms with Crippen molar-refractivity contribution in [1.29, 1.82) is 0 Å². The van der Waals surface area contributed by atoms with Gasteiger partial charge in [-0.05, 0) is 70.1 Å². The third-order valence-electron chi connectivity index (χ3n) is 6.73. The van der Waals surface area contributed by atoms with Crippen LogP contribution >= 0.6 is 34.2 Å². The van der Waals surface area contributed by atoms with E-state index in [4.69, 9.17) is 16.3 Å². The van der Waals surface area contributed by atoms with Crippen LogP contribution in [0.3, 0.4) is 0 Å². The quantitative estimate of drug-likeness (QED) is 0.142. The molecule has 0 saturated carbocycles. The standard InChI is InChI=1S/C32H21ClINO3/c33-19-28(36)35(22-16-14-21(34)15-17-22)30-25-12-6-7-13-26(25)32(38-23-9-2-1-3-10-23)29-27(30)18-20-8-4-5-11-24(20)31(29)37/h1-17H,18-19H2. The van der Waals surface area contributed by atoms with Crippen molar-refractivity contribution in [3.05, 3.63) is 129 Å². The molecule has 38 heavy (non-hydrogen) atoms. The fourth-order valence-electron chi connectivity index (χ4n) is 5.09. The number of ketones is 1. The minimum absolute atomic E-state index is 0.124. The molecule has 0 spiro atoms. The van der Waals surface area contributed by atoms with Crippen LogP contribution in [0.2, 0.25) is 0 Å². The number of carbonyl (C=O) groups excluding carboxylic acids is 2. The summed E-state index contributed by atoms with van der Waals surface area (Å²) in [4.78, 5) is 29.3. The number of para-hydroxylation sites is 1. The molecule has 0 unspecified atom stereocenters. The molecular formula is C32H21ClINO3. The van der Waals surface area contributed by atoms with E-state index in [1.807, 2.05) is 103 Å². The first-order valence-corrected chi connectivity index (χ1v) is 13.8. The van der Waals surface area contributed by atoms with Crippen molar-refractivity contribution in [2.45, 2.75) is 6.42 Å². The average Bonchev–Trinajstić information content (AvgIpc) is 2.96. The molecule has 0 heterocycles. The fraction of sp³-hybridized carbons (Fsp3) is 0.0625. The van der Waals surface area contributed by atoms with Crippen LogP contribution in [0.5, 0.6) is 11.5 Å². The van der Waals surface area contributed by atoms with Crippen LogP contribution in [-0.2, 0) is 11.2 Å². The number of alkyl halides is 1. The van der Waals surface area contributed by atoms with Crippen molar-refractivity contribution in [2.75, 3.05) is 10.8 Å². The number of amides is 1. The van der Waals surface area contributed by atoms with Gasteiger partial charge >= 0.3 is 0 Å². The van der Waals surface area contributed by atoms with Crippen LogP contribution in [-0.4, -0.2) is 17.6 Å². The van der Waals surface area contributed by atoms with Gasteiger partial charge in [0.2, 0.25) is 5.91 Å². The number of hydrogen-bond acceptors (Lipinski definition) is 3. The van der Waals surface area contributed by atoms with E-state index >= 15 is 0 Å². The highest BCUT2D eigenvalue weighted by atomic mass is 127. The predicted octanol–water partition coefficient (Wildman–Crippen LogP) is 8.28. The lowest BCUT2D eigenvalue weighted by atomic mass is 9.81. The van der Waals surface area contributed by atoms with E-state index in [1.165, 1.54) is 0 Å². The van der Waals surface area contributed by atoms with Crippen molar-refractivity contribution in [3.63, 3.8) is 0 Å². The summed E-state index contributed by atoms with van der Waals surface area (Å²) >= 11 is 8.41. The van der Waals surface area contributed by atoms with Crippen molar-refractivity contribution in [1.82, 2.24) is 0 Å². The van der Waals surface area contributed by atoms with Gasteiger partial charge < -0.3 is 4.74 Å². The molecule has 0 aliphatic heterocycles. The zero-order chi connectivity index (χ0) is 26.2. The number of nitrogens with zero attached hydrogens (tertiary/aromatic N) is 1. The molecule has 0 aromatic heterocycles. The molecule has 0 fully saturated rings. The number of benzene rings is 5. The van der Waals surface area contributed by atoms with Gasteiger partial charge in [-0.1, -0.05) is 66.7 Å². The second-order valence-electron chi connectivity index (χ2n) is 8.99. The molecule has 4 nitrogen and oxygen atoms in total. The largest absolute Gasteiger partial charge is 0.456 e. The van der Waals surface area contributed by atoms with Crippen LogP contribution in [0, 0.1) is 3.57 Å². The maximum absolute atomic E-state index is 14.1. The minimum atomic E-state index is -0.275. The van der Waals surface area contributed by atoms with Gasteiger partial charge in [0.1, 0.15) is 17.4 Å². The van der Waals surface area contributed by atoms with Crippen LogP contribution in [0.15, 0.2) is 103 Å². The van der Waals surface area contributed by atoms with Gasteiger partial charge in [-0.15, -0.1) is 11.6 Å². The zero-order valence-corrected chi connectivity index (χ0v) is 23.1. The maximum atomic E-state index is 14.1. The Hall–Kier alpha value is -3.68. The van der Waals surface area contributed by atoms with E-state index in [2.05, 4.69) is 22.6 Å². The summed E-state index contributed by atoms with van der Waals surface area (Å²) in [6.07, 6.45) is 0.471. The summed E-state index contributed by atoms with van der Waals surface area (Å²) in [6.45, 7) is 0. The number of ether oxygens (including phenoxy) is 1. The Kier molecular flexibility index (Phi) is 6.64. The molecule has 1 aliphatic rings. The van der Waals surface area contributed by atoms with E-state index in [0.29, 0.717) is 40.4 Å². The highest BCUT2D eigenvalue weighted by molar-refractivity contribution is 14.1. The Balaban J connectivity index is 1.71. The molecule has 1 amide bonds. The zero-order valence-electron chi connectivity index (χ0n) is 20.2. The van der Waals surface area contributed by atoms with Gasteiger partial charge in [-0.25, -0.2) is 0 Å². The van der Waals surface area contributed by atoms with E-state index in [-0.39, 0.29) is 17.6 Å². The fourth-order valence-corrected chi connectivity index (χ4v) is 5.57. The van der Waals surface area contributed by atoms with E-state index in [9.17, 15) is 9.59 Å². The number of rotatable bonds is 5. The van der Waals surface area contributed by atoms with Gasteiger partial charge in [-0.2, -0.15) is 0 Å². The number of halogens is 2. The van der Waals surface area contributed by atoms with Crippen LogP contribution in [0.4, 0.5) is 11.4 Å². The highest BCUT2D eigenvalue weighted by Gasteiger charge is 2.34. The van der Waals surface area contributed by atoms with E-state index in [0.717, 1.165) is 25.5 Å². The Morgan fingerprint density at radius 3 is 2.24 bits per heavy atom. The van der Waals surface area contributed by atoms with Crippen LogP contribution in [0.1, 0.15) is 27.0 Å². The second-order valence-corrected chi connectivity index (χ2v) is 10.5. The molecule has 5 aromatic carbocycles. The van der Waals surface area contributed by atoms with Gasteiger partial charge in [0.05, 0.1) is 11.3 Å². The topological polar surface area (TPSA) is 46.6 Å². The lowest BCUT2D eigenvalue weighted by Crippen LogP contribution is -2.30. The lowest BCUT2D eigenvalue weighted by molar-refractivity contribution is -0.115. The minimum Gasteiger partial charge on any atom is -0.456 e. The predicted molar refractivity (Wildman–Crippen MR) is 160 cm³/mol. The third kappa shape index (κ3) is 4.25. The van der Waals surface area contributed by atoms with E-state index in [1.54, 1.807) is 4.90 Å². The summed E-state index contributed by atoms with van der Waals surface area (Å²) in [7, 11) is 0. The van der Waals surface area contributed by atoms with Gasteiger partial charge in [0.25, 0.3) is 0 Å². The summed E-state index contributed by atoms with van der Waals surface area (Å²) in [5.41, 5.74) is 4.11. The first kappa shape index (κ1) is 24.6. The van der Waals surface area contributed by atoms with Crippen LogP contribution in [0.25, 0.3) is 10.8 Å². The molecule has 6 heteroatoms. The molecule has 6 rings (SSSR count). The number of fused-ring (bicyclic) bond motifs is 3. The molecule has 0 saturated heterocycles. The number of anilines is 2. The van der Waals surface area contributed by atoms with Gasteiger partial charge in [0.15, 0.2) is 5.78 Å². The summed E-state index contributed by atoms with van der Waals surface area (Å²) in [5, 5.41) is 1.55. The van der Waals surface area contributed by atoms with Gasteiger partial charge in [0, 0.05) is 32.0 Å². The SMILES string of the molecule is O=C1c2ccccc2Cc2c1c(Oc1ccccc1)c1ccccc1c2N(C(=O)CCl)c1ccc(I)cc1. The molecule has 5 aromatic rings. The molecule has 186 valence electrons. The summed E-state index contributed by atoms with van der Waals surface area (Å²) in [5.74, 6) is 0.516. The monoisotopic (exact) mass is 629 g/mol. The third-order valence-corrected chi connectivity index (χ3v) is 7.68. The first-order valence-electron chi connectivity index (χ1n) is 12.1. The molecule has 0 bridgehead atoms. The maximum Gasteiger partial charge on any atom is 0.246 e. The summed E-state index contributed by atoms with van der Waals surface area (Å²) in [6, 6.07) is 32.5. The first-order chi connectivity index (χ1) is 18.6. The smallest absolute Gasteiger partial charge is 0.246 e. The van der Waals surface area contributed by atoms with Crippen molar-refractivity contribution < 1.29 is 14.3 Å². The Morgan fingerprint density at radius 1 is 0.842 bits per heavy atom. The van der Waals surface area contributed by atoms with Crippen LogP contribution < -0.4 is 9.64 Å². The second kappa shape index (κ2) is 10.2. The molecule has 0 radical (unpaired) electrons. The number of hydrogen-bond donors (Lipinski definition) is 0. The van der Waals surface area contributed by atoms with Crippen molar-refractivity contribution in [2.24, 2.45) is 0 Å². The average molecular weight is 630 g/mol. The molecule has 0 atom stereocenters. The van der Waals surface area contributed by atoms with Gasteiger partial charge in [-0.3, -0.25) is 14.5 Å². The lowest BCUT2D eigenvalue weighted by Gasteiger charge is -2.31. The van der Waals surface area contributed by atoms with Crippen molar-refractivity contribution >= 4 is 68.0 Å². The Bertz CT molecular complexity index is 1700. The summed E-state index contributed by atoms with van der Waals surface area (Å²) < 4.78 is 7.52. The normalized spacial score (nSPS) is 12.1. The molecule has 1 aliphatic carbocycles. The number of carbonyl (C=O) groups is 2. The Labute approximate surface area is 238 Å². The Morgan fingerprint density at radius 2 is 1.50 bits per heavy atom. The molecular weight excluding hydrogens is 609 g/mol. The van der Waals surface area contributed by atoms with E-state index < -0.39 is 0 Å². The van der Waals surface area contributed by atoms with Crippen molar-refractivity contribution in [3.8, 4) is 11.5 Å². The highest BCUT2D eigenvalue weighted by Crippen LogP contribution is 2.48.